The molecule has 4 rings (SSSR count). The quantitative estimate of drug-likeness (QED) is 0.463. The Morgan fingerprint density at radius 1 is 0.966 bits per heavy atom. The smallest absolute Gasteiger partial charge is 0.242 e. The second-order valence-electron chi connectivity index (χ2n) is 6.90. The van der Waals surface area contributed by atoms with Crippen LogP contribution in [0.1, 0.15) is 5.56 Å². The summed E-state index contributed by atoms with van der Waals surface area (Å²) >= 11 is 6.09. The van der Waals surface area contributed by atoms with Gasteiger partial charge in [0.2, 0.25) is 5.91 Å². The summed E-state index contributed by atoms with van der Waals surface area (Å²) in [6, 6.07) is 18.9. The van der Waals surface area contributed by atoms with Gasteiger partial charge in [-0.15, -0.1) is 0 Å². The van der Waals surface area contributed by atoms with Crippen molar-refractivity contribution in [2.75, 3.05) is 7.05 Å². The number of nitrogens with zero attached hydrogens (tertiary/aromatic N) is 2. The van der Waals surface area contributed by atoms with Crippen molar-refractivity contribution in [3.05, 3.63) is 93.4 Å². The number of carbonyl (C=O) groups is 1. The van der Waals surface area contributed by atoms with E-state index >= 15 is 0 Å². The Labute approximate surface area is 171 Å². The summed E-state index contributed by atoms with van der Waals surface area (Å²) in [5, 5.41) is 1.39. The summed E-state index contributed by atoms with van der Waals surface area (Å²) in [6.45, 7) is 0.0737. The molecule has 0 saturated heterocycles. The first-order valence-electron chi connectivity index (χ1n) is 9.14. The maximum absolute atomic E-state index is 14.1. The lowest BCUT2D eigenvalue weighted by atomic mass is 10.1. The zero-order valence-corrected chi connectivity index (χ0v) is 16.5. The van der Waals surface area contributed by atoms with Gasteiger partial charge in [0, 0.05) is 35.0 Å². The molecule has 0 atom stereocenters. The molecule has 0 radical (unpaired) electrons. The summed E-state index contributed by atoms with van der Waals surface area (Å²) < 4.78 is 15.9. The first kappa shape index (κ1) is 19.2. The Hall–Kier alpha value is -3.18. The van der Waals surface area contributed by atoms with E-state index in [1.165, 1.54) is 17.0 Å². The third kappa shape index (κ3) is 3.49. The molecule has 0 saturated carbocycles. The number of halogens is 2. The third-order valence-electron chi connectivity index (χ3n) is 5.06. The molecule has 0 aliphatic carbocycles. The van der Waals surface area contributed by atoms with Gasteiger partial charge in [0.15, 0.2) is 5.43 Å². The van der Waals surface area contributed by atoms with Crippen molar-refractivity contribution >= 4 is 39.3 Å². The molecular formula is C23H18ClFN2O2. The van der Waals surface area contributed by atoms with Crippen molar-refractivity contribution in [2.45, 2.75) is 13.1 Å². The molecule has 0 unspecified atom stereocenters. The predicted octanol–water partition coefficient (Wildman–Crippen LogP) is 4.61. The minimum atomic E-state index is -0.448. The van der Waals surface area contributed by atoms with Crippen LogP contribution in [0.2, 0.25) is 5.02 Å². The molecule has 0 fully saturated rings. The number of hydrogen-bond acceptors (Lipinski definition) is 2. The molecule has 1 aromatic heterocycles. The fraction of sp³-hybridized carbons (Fsp3) is 0.130. The Balaban J connectivity index is 1.74. The highest BCUT2D eigenvalue weighted by Crippen LogP contribution is 2.22. The van der Waals surface area contributed by atoms with Crippen molar-refractivity contribution < 1.29 is 9.18 Å². The van der Waals surface area contributed by atoms with E-state index in [1.54, 1.807) is 37.4 Å². The van der Waals surface area contributed by atoms with Crippen molar-refractivity contribution in [1.29, 1.82) is 0 Å². The molecule has 1 amide bonds. The molecule has 0 bridgehead atoms. The van der Waals surface area contributed by atoms with Crippen molar-refractivity contribution in [1.82, 2.24) is 9.47 Å². The highest BCUT2D eigenvalue weighted by molar-refractivity contribution is 6.31. The zero-order valence-electron chi connectivity index (χ0n) is 15.7. The van der Waals surface area contributed by atoms with E-state index in [0.717, 1.165) is 0 Å². The molecule has 0 spiro atoms. The van der Waals surface area contributed by atoms with Gasteiger partial charge in [-0.25, -0.2) is 4.39 Å². The Kier molecular flexibility index (Phi) is 5.07. The largest absolute Gasteiger partial charge is 0.340 e. The molecule has 0 aliphatic heterocycles. The van der Waals surface area contributed by atoms with Gasteiger partial charge in [-0.05, 0) is 36.4 Å². The molecule has 6 heteroatoms. The Morgan fingerprint density at radius 3 is 2.14 bits per heavy atom. The minimum Gasteiger partial charge on any atom is -0.340 e. The van der Waals surface area contributed by atoms with Gasteiger partial charge in [0.25, 0.3) is 0 Å². The lowest BCUT2D eigenvalue weighted by Crippen LogP contribution is -2.31. The number of amides is 1. The fourth-order valence-electron chi connectivity index (χ4n) is 3.51. The highest BCUT2D eigenvalue weighted by atomic mass is 35.5. The second kappa shape index (κ2) is 7.68. The van der Waals surface area contributed by atoms with Gasteiger partial charge < -0.3 is 9.47 Å². The molecule has 146 valence electrons. The SMILES string of the molecule is CN(Cc1c(F)cccc1Cl)C(=O)Cn1c2ccccc2c(=O)c2ccccc21. The lowest BCUT2D eigenvalue weighted by Gasteiger charge is -2.21. The van der Waals surface area contributed by atoms with Gasteiger partial charge >= 0.3 is 0 Å². The van der Waals surface area contributed by atoms with Crippen LogP contribution >= 0.6 is 11.6 Å². The zero-order chi connectivity index (χ0) is 20.5. The molecule has 0 N–H and O–H groups in total. The van der Waals surface area contributed by atoms with Crippen molar-refractivity contribution in [3.63, 3.8) is 0 Å². The number of rotatable bonds is 4. The summed E-state index contributed by atoms with van der Waals surface area (Å²) in [7, 11) is 1.61. The average molecular weight is 409 g/mol. The molecular weight excluding hydrogens is 391 g/mol. The molecule has 0 aliphatic rings. The van der Waals surface area contributed by atoms with E-state index in [4.69, 9.17) is 11.6 Å². The van der Waals surface area contributed by atoms with E-state index in [-0.39, 0.29) is 35.0 Å². The number of benzene rings is 3. The molecule has 4 aromatic rings. The number of aromatic nitrogens is 1. The number of para-hydroxylation sites is 2. The first-order valence-corrected chi connectivity index (χ1v) is 9.52. The standard InChI is InChI=1S/C23H18ClFN2O2/c1-26(13-17-18(24)9-6-10-19(17)25)22(28)14-27-20-11-4-2-7-15(20)23(29)16-8-3-5-12-21(16)27/h2-12H,13-14H2,1H3. The summed E-state index contributed by atoms with van der Waals surface area (Å²) in [4.78, 5) is 27.2. The van der Waals surface area contributed by atoms with Crippen LogP contribution in [0.5, 0.6) is 0 Å². The van der Waals surface area contributed by atoms with Crippen LogP contribution in [0.15, 0.2) is 71.5 Å². The fourth-order valence-corrected chi connectivity index (χ4v) is 3.73. The average Bonchev–Trinajstić information content (AvgIpc) is 2.73. The second-order valence-corrected chi connectivity index (χ2v) is 7.31. The van der Waals surface area contributed by atoms with Crippen LogP contribution in [0.25, 0.3) is 21.8 Å². The van der Waals surface area contributed by atoms with Crippen LogP contribution in [0.3, 0.4) is 0 Å². The van der Waals surface area contributed by atoms with E-state index in [9.17, 15) is 14.0 Å². The summed E-state index contributed by atoms with van der Waals surface area (Å²) in [6.07, 6.45) is 0. The number of pyridine rings is 1. The lowest BCUT2D eigenvalue weighted by molar-refractivity contribution is -0.130. The third-order valence-corrected chi connectivity index (χ3v) is 5.41. The van der Waals surface area contributed by atoms with Crippen LogP contribution in [0, 0.1) is 5.82 Å². The number of hydrogen-bond donors (Lipinski definition) is 0. The maximum Gasteiger partial charge on any atom is 0.242 e. The van der Waals surface area contributed by atoms with E-state index in [0.29, 0.717) is 21.8 Å². The number of carbonyl (C=O) groups excluding carboxylic acids is 1. The topological polar surface area (TPSA) is 42.3 Å². The maximum atomic E-state index is 14.1. The van der Waals surface area contributed by atoms with Gasteiger partial charge in [-0.2, -0.15) is 0 Å². The number of likely N-dealkylation sites (N-methyl/N-ethyl adjacent to an activating group) is 1. The monoisotopic (exact) mass is 408 g/mol. The first-order chi connectivity index (χ1) is 14.0. The van der Waals surface area contributed by atoms with E-state index in [1.807, 2.05) is 28.8 Å². The molecule has 29 heavy (non-hydrogen) atoms. The van der Waals surface area contributed by atoms with Gasteiger partial charge in [0.05, 0.1) is 11.0 Å². The van der Waals surface area contributed by atoms with Gasteiger partial charge in [0.1, 0.15) is 12.4 Å². The normalized spacial score (nSPS) is 11.1. The van der Waals surface area contributed by atoms with Gasteiger partial charge in [-0.3, -0.25) is 9.59 Å². The molecule has 1 heterocycles. The van der Waals surface area contributed by atoms with Crippen LogP contribution < -0.4 is 5.43 Å². The van der Waals surface area contributed by atoms with Crippen LogP contribution in [-0.4, -0.2) is 22.4 Å². The van der Waals surface area contributed by atoms with Crippen LogP contribution in [0.4, 0.5) is 4.39 Å². The van der Waals surface area contributed by atoms with E-state index in [2.05, 4.69) is 0 Å². The predicted molar refractivity (Wildman–Crippen MR) is 114 cm³/mol. The highest BCUT2D eigenvalue weighted by Gasteiger charge is 2.17. The molecule has 4 nitrogen and oxygen atoms in total. The Morgan fingerprint density at radius 2 is 1.55 bits per heavy atom. The van der Waals surface area contributed by atoms with Crippen LogP contribution in [-0.2, 0) is 17.9 Å². The summed E-state index contributed by atoms with van der Waals surface area (Å²) in [5.41, 5.74) is 1.58. The minimum absolute atomic E-state index is 0.0177. The Bertz CT molecular complexity index is 1220. The van der Waals surface area contributed by atoms with Gasteiger partial charge in [-0.1, -0.05) is 41.9 Å². The summed E-state index contributed by atoms with van der Waals surface area (Å²) in [5.74, 6) is -0.667. The van der Waals surface area contributed by atoms with Crippen molar-refractivity contribution in [2.24, 2.45) is 0 Å². The van der Waals surface area contributed by atoms with E-state index < -0.39 is 5.82 Å². The van der Waals surface area contributed by atoms with Crippen molar-refractivity contribution in [3.8, 4) is 0 Å². The number of fused-ring (bicyclic) bond motifs is 2. The molecule has 3 aromatic carbocycles.